The highest BCUT2D eigenvalue weighted by Gasteiger charge is 2.33. The molecule has 1 N–H and O–H groups in total. The Balaban J connectivity index is 1.81. The van der Waals surface area contributed by atoms with Crippen molar-refractivity contribution >= 4 is 34.3 Å². The first kappa shape index (κ1) is 17.7. The highest BCUT2D eigenvalue weighted by Crippen LogP contribution is 2.33. The van der Waals surface area contributed by atoms with E-state index in [1.807, 2.05) is 19.9 Å². The number of aliphatic carboxylic acids is 1. The number of rotatable bonds is 3. The van der Waals surface area contributed by atoms with Crippen molar-refractivity contribution < 1.29 is 19.2 Å². The average Bonchev–Trinajstić information content (AvgIpc) is 3.33. The molecule has 3 aromatic heterocycles. The molecule has 0 spiro atoms. The summed E-state index contributed by atoms with van der Waals surface area (Å²) in [5.41, 5.74) is 3.01. The number of hydrogen-bond acceptors (Lipinski definition) is 6. The van der Waals surface area contributed by atoms with Crippen molar-refractivity contribution in [1.82, 2.24) is 15.0 Å². The first-order valence-electron chi connectivity index (χ1n) is 8.71. The molecule has 0 bridgehead atoms. The van der Waals surface area contributed by atoms with Crippen LogP contribution in [0.4, 0.5) is 0 Å². The molecule has 0 aromatic carbocycles. The van der Waals surface area contributed by atoms with Gasteiger partial charge in [-0.05, 0) is 39.3 Å². The van der Waals surface area contributed by atoms with E-state index in [0.29, 0.717) is 41.0 Å². The zero-order valence-corrected chi connectivity index (χ0v) is 16.1. The number of carbonyl (C=O) groups excluding carboxylic acids is 1. The maximum Gasteiger partial charge on any atom is 0.308 e. The summed E-state index contributed by atoms with van der Waals surface area (Å²) in [5.74, 6) is -1.59. The van der Waals surface area contributed by atoms with E-state index in [0.717, 1.165) is 15.3 Å². The summed E-state index contributed by atoms with van der Waals surface area (Å²) < 4.78 is 5.35. The Labute approximate surface area is 159 Å². The molecule has 1 fully saturated rings. The van der Waals surface area contributed by atoms with Crippen LogP contribution in [-0.4, -0.2) is 45.1 Å². The Morgan fingerprint density at radius 2 is 2.07 bits per heavy atom. The normalized spacial score (nSPS) is 17.0. The molecule has 1 atom stereocenters. The average molecular weight is 385 g/mol. The summed E-state index contributed by atoms with van der Waals surface area (Å²) in [6.07, 6.45) is 0.466. The molecule has 3 aromatic rings. The predicted molar refractivity (Wildman–Crippen MR) is 101 cm³/mol. The second-order valence-electron chi connectivity index (χ2n) is 6.91. The van der Waals surface area contributed by atoms with Crippen molar-refractivity contribution in [2.45, 2.75) is 27.2 Å². The lowest BCUT2D eigenvalue weighted by molar-refractivity contribution is -0.141. The monoisotopic (exact) mass is 385 g/mol. The third kappa shape index (κ3) is 2.99. The third-order valence-corrected chi connectivity index (χ3v) is 5.96. The molecule has 7 nitrogen and oxygen atoms in total. The van der Waals surface area contributed by atoms with Crippen molar-refractivity contribution in [3.63, 3.8) is 0 Å². The molecular weight excluding hydrogens is 366 g/mol. The van der Waals surface area contributed by atoms with Gasteiger partial charge in [-0.25, -0.2) is 4.98 Å². The van der Waals surface area contributed by atoms with Crippen LogP contribution in [0.1, 0.15) is 32.2 Å². The van der Waals surface area contributed by atoms with Crippen LogP contribution in [0.3, 0.4) is 0 Å². The van der Waals surface area contributed by atoms with E-state index in [1.54, 1.807) is 29.2 Å². The van der Waals surface area contributed by atoms with E-state index in [4.69, 9.17) is 4.52 Å². The van der Waals surface area contributed by atoms with Crippen molar-refractivity contribution in [2.24, 2.45) is 5.92 Å². The van der Waals surface area contributed by atoms with Crippen LogP contribution in [0, 0.1) is 26.7 Å². The van der Waals surface area contributed by atoms with Gasteiger partial charge < -0.3 is 14.5 Å². The van der Waals surface area contributed by atoms with Gasteiger partial charge in [-0.1, -0.05) is 5.16 Å². The van der Waals surface area contributed by atoms with Gasteiger partial charge in [-0.3, -0.25) is 9.59 Å². The standard InChI is InChI=1S/C19H19N3O4S/c1-9-6-13(11(3)27-9)15-7-14(16-10(2)21-26-17(16)20-15)18(23)22-5-4-12(8-22)19(24)25/h6-7,12H,4-5,8H2,1-3H3,(H,24,25)/t12-/m0/s1. The summed E-state index contributed by atoms with van der Waals surface area (Å²) in [6.45, 7) is 6.46. The fraction of sp³-hybridized carbons (Fsp3) is 0.368. The van der Waals surface area contributed by atoms with Gasteiger partial charge in [-0.2, -0.15) is 0 Å². The first-order valence-corrected chi connectivity index (χ1v) is 9.53. The van der Waals surface area contributed by atoms with Crippen LogP contribution in [0.15, 0.2) is 16.7 Å². The number of aromatic nitrogens is 2. The second kappa shape index (κ2) is 6.45. The second-order valence-corrected chi connectivity index (χ2v) is 8.37. The lowest BCUT2D eigenvalue weighted by atomic mass is 10.0. The Morgan fingerprint density at radius 1 is 1.30 bits per heavy atom. The largest absolute Gasteiger partial charge is 0.481 e. The molecular formula is C19H19N3O4S. The Kier molecular flexibility index (Phi) is 4.22. The maximum absolute atomic E-state index is 13.2. The van der Waals surface area contributed by atoms with Crippen molar-refractivity contribution in [3.8, 4) is 11.3 Å². The minimum absolute atomic E-state index is 0.205. The highest BCUT2D eigenvalue weighted by atomic mass is 32.1. The molecule has 0 aliphatic carbocycles. The summed E-state index contributed by atoms with van der Waals surface area (Å²) in [6, 6.07) is 3.82. The van der Waals surface area contributed by atoms with E-state index < -0.39 is 11.9 Å². The van der Waals surface area contributed by atoms with Gasteiger partial charge >= 0.3 is 5.97 Å². The molecule has 140 valence electrons. The number of nitrogens with zero attached hydrogens (tertiary/aromatic N) is 3. The lowest BCUT2D eigenvalue weighted by Crippen LogP contribution is -2.30. The predicted octanol–water partition coefficient (Wildman–Crippen LogP) is 3.42. The topological polar surface area (TPSA) is 96.5 Å². The van der Waals surface area contributed by atoms with Crippen LogP contribution in [0.25, 0.3) is 22.4 Å². The minimum Gasteiger partial charge on any atom is -0.481 e. The summed E-state index contributed by atoms with van der Waals surface area (Å²) in [5, 5.41) is 13.8. The van der Waals surface area contributed by atoms with Crippen LogP contribution < -0.4 is 0 Å². The molecule has 8 heteroatoms. The third-order valence-electron chi connectivity index (χ3n) is 4.99. The van der Waals surface area contributed by atoms with Gasteiger partial charge in [0.25, 0.3) is 11.6 Å². The molecule has 1 aliphatic heterocycles. The quantitative estimate of drug-likeness (QED) is 0.742. The minimum atomic E-state index is -0.864. The van der Waals surface area contributed by atoms with E-state index in [1.165, 1.54) is 0 Å². The number of aryl methyl sites for hydroxylation is 3. The van der Waals surface area contributed by atoms with E-state index in [9.17, 15) is 14.7 Å². The number of carboxylic acids is 1. The van der Waals surface area contributed by atoms with Crippen LogP contribution >= 0.6 is 11.3 Å². The zero-order chi connectivity index (χ0) is 19.3. The van der Waals surface area contributed by atoms with E-state index >= 15 is 0 Å². The zero-order valence-electron chi connectivity index (χ0n) is 15.3. The number of carboxylic acid groups (broad SMARTS) is 1. The van der Waals surface area contributed by atoms with E-state index in [2.05, 4.69) is 10.1 Å². The molecule has 4 heterocycles. The van der Waals surface area contributed by atoms with Crippen molar-refractivity contribution in [3.05, 3.63) is 33.1 Å². The molecule has 1 saturated heterocycles. The molecule has 27 heavy (non-hydrogen) atoms. The molecule has 1 aliphatic rings. The van der Waals surface area contributed by atoms with E-state index in [-0.39, 0.29) is 12.5 Å². The number of fused-ring (bicyclic) bond motifs is 1. The first-order chi connectivity index (χ1) is 12.8. The summed E-state index contributed by atoms with van der Waals surface area (Å²) in [7, 11) is 0. The van der Waals surface area contributed by atoms with Crippen LogP contribution in [-0.2, 0) is 4.79 Å². The van der Waals surface area contributed by atoms with Gasteiger partial charge in [0.15, 0.2) is 0 Å². The highest BCUT2D eigenvalue weighted by molar-refractivity contribution is 7.12. The van der Waals surface area contributed by atoms with Gasteiger partial charge in [0, 0.05) is 28.4 Å². The molecule has 1 amide bonds. The summed E-state index contributed by atoms with van der Waals surface area (Å²) in [4.78, 5) is 32.9. The van der Waals surface area contributed by atoms with Gasteiger partial charge in [-0.15, -0.1) is 11.3 Å². The Hall–Kier alpha value is -2.74. The number of pyridine rings is 1. The SMILES string of the molecule is Cc1cc(-c2cc(C(=O)N3CC[C@H](C(=O)O)C3)c3c(C)noc3n2)c(C)s1. The Morgan fingerprint density at radius 3 is 2.70 bits per heavy atom. The number of likely N-dealkylation sites (tertiary alicyclic amines) is 1. The lowest BCUT2D eigenvalue weighted by Gasteiger charge is -2.17. The number of thiophene rings is 1. The number of carbonyl (C=O) groups is 2. The van der Waals surface area contributed by atoms with Gasteiger partial charge in [0.05, 0.1) is 28.3 Å². The van der Waals surface area contributed by atoms with Crippen molar-refractivity contribution in [2.75, 3.05) is 13.1 Å². The molecule has 4 rings (SSSR count). The number of hydrogen-bond donors (Lipinski definition) is 1. The molecule has 0 unspecified atom stereocenters. The maximum atomic E-state index is 13.2. The van der Waals surface area contributed by atoms with Crippen LogP contribution in [0.2, 0.25) is 0 Å². The van der Waals surface area contributed by atoms with Gasteiger partial charge in [0.2, 0.25) is 0 Å². The molecule has 0 radical (unpaired) electrons. The Bertz CT molecular complexity index is 1070. The molecule has 0 saturated carbocycles. The fourth-order valence-electron chi connectivity index (χ4n) is 3.60. The van der Waals surface area contributed by atoms with Crippen LogP contribution in [0.5, 0.6) is 0 Å². The smallest absolute Gasteiger partial charge is 0.308 e. The fourth-order valence-corrected chi connectivity index (χ4v) is 4.54. The summed E-state index contributed by atoms with van der Waals surface area (Å²) >= 11 is 1.67. The number of amides is 1. The van der Waals surface area contributed by atoms with Gasteiger partial charge in [0.1, 0.15) is 0 Å². The van der Waals surface area contributed by atoms with Crippen molar-refractivity contribution in [1.29, 1.82) is 0 Å².